The number of carbonyl (C=O) groups is 2. The van der Waals surface area contributed by atoms with Gasteiger partial charge in [0.05, 0.1) is 29.6 Å². The third-order valence-electron chi connectivity index (χ3n) is 5.43. The maximum atomic E-state index is 15.1. The highest BCUT2D eigenvalue weighted by molar-refractivity contribution is 6.36. The fourth-order valence-electron chi connectivity index (χ4n) is 3.52. The van der Waals surface area contributed by atoms with Crippen molar-refractivity contribution in [2.75, 3.05) is 6.61 Å². The van der Waals surface area contributed by atoms with Crippen molar-refractivity contribution in [3.8, 4) is 16.9 Å². The number of aromatic nitrogens is 2. The Morgan fingerprint density at radius 2 is 2.03 bits per heavy atom. The number of nitrogens with one attached hydrogen (secondary N) is 2. The number of nitrogens with zero attached hydrogens (tertiary/aromatic N) is 2. The molecule has 11 heteroatoms. The van der Waals surface area contributed by atoms with Crippen LogP contribution in [0.1, 0.15) is 49.0 Å². The molecule has 0 unspecified atom stereocenters. The summed E-state index contributed by atoms with van der Waals surface area (Å²) in [7, 11) is 0. The highest BCUT2D eigenvalue weighted by atomic mass is 35.5. The Morgan fingerprint density at radius 1 is 1.26 bits per heavy atom. The summed E-state index contributed by atoms with van der Waals surface area (Å²) in [5.41, 5.74) is -0.106. The highest BCUT2D eigenvalue weighted by Crippen LogP contribution is 2.40. The van der Waals surface area contributed by atoms with Gasteiger partial charge in [-0.1, -0.05) is 23.2 Å². The lowest BCUT2D eigenvalue weighted by atomic mass is 10.0. The Balaban J connectivity index is 1.50. The Bertz CT molecular complexity index is 1230. The third-order valence-corrected chi connectivity index (χ3v) is 5.93. The number of carbonyl (C=O) groups excluding carboxylic acids is 2. The Hall–Kier alpha value is -3.17. The third kappa shape index (κ3) is 4.85. The van der Waals surface area contributed by atoms with Crippen molar-refractivity contribution >= 4 is 35.0 Å². The predicted molar refractivity (Wildman–Crippen MR) is 123 cm³/mol. The standard InChI is InChI=1S/C23H21Cl2FN4O4/c1-3-33-20-15(7-14(24)8-16(20)25)13-6-17(26)19(28-9-13)12(2)29-22(32)23(4-5-23)30-21(31)18-10-27-11-34-18/h6-12H,3-5H2,1-2H3,(H,29,32)(H,30,31)/t12-/m1/s1. The van der Waals surface area contributed by atoms with Crippen LogP contribution in [-0.4, -0.2) is 33.9 Å². The summed E-state index contributed by atoms with van der Waals surface area (Å²) in [5.74, 6) is -1.22. The van der Waals surface area contributed by atoms with Crippen LogP contribution in [-0.2, 0) is 4.79 Å². The molecule has 8 nitrogen and oxygen atoms in total. The van der Waals surface area contributed by atoms with Gasteiger partial charge < -0.3 is 19.8 Å². The van der Waals surface area contributed by atoms with Crippen molar-refractivity contribution in [3.05, 3.63) is 64.3 Å². The van der Waals surface area contributed by atoms with E-state index in [-0.39, 0.29) is 11.5 Å². The molecule has 1 aliphatic rings. The number of benzene rings is 1. The molecule has 0 spiro atoms. The van der Waals surface area contributed by atoms with Crippen molar-refractivity contribution in [1.82, 2.24) is 20.6 Å². The van der Waals surface area contributed by atoms with Gasteiger partial charge in [-0.25, -0.2) is 9.37 Å². The van der Waals surface area contributed by atoms with E-state index in [2.05, 4.69) is 20.6 Å². The Labute approximate surface area is 204 Å². The molecular weight excluding hydrogens is 486 g/mol. The first-order valence-corrected chi connectivity index (χ1v) is 11.3. The monoisotopic (exact) mass is 506 g/mol. The lowest BCUT2D eigenvalue weighted by molar-refractivity contribution is -0.124. The second-order valence-corrected chi connectivity index (χ2v) is 8.73. The van der Waals surface area contributed by atoms with Gasteiger partial charge in [0.2, 0.25) is 11.7 Å². The molecule has 1 aromatic carbocycles. The minimum absolute atomic E-state index is 0.00274. The van der Waals surface area contributed by atoms with Crippen LogP contribution in [0.2, 0.25) is 10.0 Å². The van der Waals surface area contributed by atoms with Crippen LogP contribution < -0.4 is 15.4 Å². The fourth-order valence-corrected chi connectivity index (χ4v) is 4.07. The van der Waals surface area contributed by atoms with Crippen LogP contribution in [0.25, 0.3) is 11.1 Å². The number of ether oxygens (including phenoxy) is 1. The number of halogens is 3. The summed E-state index contributed by atoms with van der Waals surface area (Å²) in [6.07, 6.45) is 4.76. The molecule has 0 aliphatic heterocycles. The SMILES string of the molecule is CCOc1c(Cl)cc(Cl)cc1-c1cnc([C@@H](C)NC(=O)C2(NC(=O)c3cnco3)CC2)c(F)c1. The van der Waals surface area contributed by atoms with Crippen LogP contribution in [0.15, 0.2) is 41.4 Å². The van der Waals surface area contributed by atoms with Gasteiger partial charge in [0, 0.05) is 22.3 Å². The lowest BCUT2D eigenvalue weighted by Gasteiger charge is -2.21. The van der Waals surface area contributed by atoms with Crippen LogP contribution in [0.3, 0.4) is 0 Å². The van der Waals surface area contributed by atoms with E-state index < -0.39 is 29.2 Å². The van der Waals surface area contributed by atoms with Crippen molar-refractivity contribution < 1.29 is 23.1 Å². The minimum Gasteiger partial charge on any atom is -0.492 e. The Kier molecular flexibility index (Phi) is 6.77. The first kappa shape index (κ1) is 24.0. The molecule has 1 atom stereocenters. The molecule has 1 saturated carbocycles. The number of pyridine rings is 1. The molecule has 2 N–H and O–H groups in total. The zero-order valence-electron chi connectivity index (χ0n) is 18.3. The van der Waals surface area contributed by atoms with E-state index in [0.29, 0.717) is 46.4 Å². The van der Waals surface area contributed by atoms with Crippen LogP contribution >= 0.6 is 23.2 Å². The number of oxazole rings is 1. The molecule has 0 bridgehead atoms. The molecule has 4 rings (SSSR count). The van der Waals surface area contributed by atoms with Gasteiger partial charge in [-0.2, -0.15) is 0 Å². The van der Waals surface area contributed by atoms with Crippen LogP contribution in [0.4, 0.5) is 4.39 Å². The fraction of sp³-hybridized carbons (Fsp3) is 0.304. The molecule has 2 aromatic heterocycles. The topological polar surface area (TPSA) is 106 Å². The van der Waals surface area contributed by atoms with E-state index >= 15 is 4.39 Å². The molecule has 2 heterocycles. The molecule has 178 valence electrons. The van der Waals surface area contributed by atoms with Crippen LogP contribution in [0.5, 0.6) is 5.75 Å². The van der Waals surface area contributed by atoms with Gasteiger partial charge in [-0.15, -0.1) is 0 Å². The maximum Gasteiger partial charge on any atom is 0.289 e. The summed E-state index contributed by atoms with van der Waals surface area (Å²) in [6, 6.07) is 3.69. The van der Waals surface area contributed by atoms with E-state index in [1.807, 2.05) is 6.92 Å². The quantitative estimate of drug-likeness (QED) is 0.457. The second-order valence-electron chi connectivity index (χ2n) is 7.89. The molecule has 3 aromatic rings. The zero-order chi connectivity index (χ0) is 24.5. The van der Waals surface area contributed by atoms with E-state index in [1.54, 1.807) is 19.1 Å². The van der Waals surface area contributed by atoms with Crippen molar-refractivity contribution in [1.29, 1.82) is 0 Å². The number of hydrogen-bond donors (Lipinski definition) is 2. The van der Waals surface area contributed by atoms with Crippen molar-refractivity contribution in [2.24, 2.45) is 0 Å². The average Bonchev–Trinajstić information content (AvgIpc) is 3.36. The summed E-state index contributed by atoms with van der Waals surface area (Å²) in [6.45, 7) is 3.78. The highest BCUT2D eigenvalue weighted by Gasteiger charge is 2.52. The van der Waals surface area contributed by atoms with Crippen molar-refractivity contribution in [2.45, 2.75) is 38.3 Å². The zero-order valence-corrected chi connectivity index (χ0v) is 19.8. The summed E-state index contributed by atoms with van der Waals surface area (Å²) in [4.78, 5) is 33.0. The molecular formula is C23H21Cl2FN4O4. The summed E-state index contributed by atoms with van der Waals surface area (Å²) < 4.78 is 25.6. The smallest absolute Gasteiger partial charge is 0.289 e. The number of amides is 2. The number of hydrogen-bond acceptors (Lipinski definition) is 6. The van der Waals surface area contributed by atoms with E-state index in [1.165, 1.54) is 18.5 Å². The lowest BCUT2D eigenvalue weighted by Crippen LogP contribution is -2.49. The maximum absolute atomic E-state index is 15.1. The van der Waals surface area contributed by atoms with Gasteiger partial charge >= 0.3 is 0 Å². The Morgan fingerprint density at radius 3 is 2.65 bits per heavy atom. The summed E-state index contributed by atoms with van der Waals surface area (Å²) in [5, 5.41) is 6.07. The van der Waals surface area contributed by atoms with Gasteiger partial charge in [0.15, 0.2) is 6.39 Å². The first-order chi connectivity index (χ1) is 16.2. The van der Waals surface area contributed by atoms with Gasteiger partial charge in [-0.3, -0.25) is 14.6 Å². The van der Waals surface area contributed by atoms with E-state index in [9.17, 15) is 9.59 Å². The first-order valence-electron chi connectivity index (χ1n) is 10.5. The minimum atomic E-state index is -1.07. The largest absolute Gasteiger partial charge is 0.492 e. The average molecular weight is 507 g/mol. The molecule has 1 fully saturated rings. The molecule has 0 saturated heterocycles. The van der Waals surface area contributed by atoms with Gasteiger partial charge in [0.25, 0.3) is 5.91 Å². The van der Waals surface area contributed by atoms with E-state index in [4.69, 9.17) is 32.4 Å². The molecule has 1 aliphatic carbocycles. The van der Waals surface area contributed by atoms with Gasteiger partial charge in [-0.05, 0) is 44.9 Å². The molecule has 34 heavy (non-hydrogen) atoms. The van der Waals surface area contributed by atoms with Crippen molar-refractivity contribution in [3.63, 3.8) is 0 Å². The van der Waals surface area contributed by atoms with Crippen LogP contribution in [0, 0.1) is 5.82 Å². The predicted octanol–water partition coefficient (Wildman–Crippen LogP) is 4.72. The summed E-state index contributed by atoms with van der Waals surface area (Å²) >= 11 is 12.4. The van der Waals surface area contributed by atoms with Gasteiger partial charge in [0.1, 0.15) is 17.1 Å². The molecule has 2 amide bonds. The normalized spacial score (nSPS) is 14.9. The molecule has 0 radical (unpaired) electrons. The van der Waals surface area contributed by atoms with E-state index in [0.717, 1.165) is 6.39 Å². The second kappa shape index (κ2) is 9.60. The number of rotatable bonds is 8.